The average molecular weight is 261 g/mol. The minimum Gasteiger partial charge on any atom is -0.481 e. The van der Waals surface area contributed by atoms with Crippen molar-refractivity contribution in [2.45, 2.75) is 58.1 Å². The molecule has 0 aromatic heterocycles. The number of nitrogens with one attached hydrogen (secondary N) is 1. The number of aliphatic carboxylic acids is 1. The normalized spacial score (nSPS) is 12.9. The maximum atomic E-state index is 11.5. The molecule has 0 rings (SSSR count). The molecule has 0 saturated carbocycles. The van der Waals surface area contributed by atoms with Crippen molar-refractivity contribution in [3.63, 3.8) is 0 Å². The molecule has 6 nitrogen and oxygen atoms in total. The van der Waals surface area contributed by atoms with Crippen LogP contribution in [0.1, 0.15) is 46.5 Å². The Morgan fingerprint density at radius 3 is 2.33 bits per heavy atom. The van der Waals surface area contributed by atoms with E-state index in [9.17, 15) is 9.59 Å². The smallest absolute Gasteiger partial charge is 0.407 e. The number of hydrogen-bond acceptors (Lipinski definition) is 4. The van der Waals surface area contributed by atoms with E-state index in [4.69, 9.17) is 14.9 Å². The highest BCUT2D eigenvalue weighted by Gasteiger charge is 2.19. The Hall–Kier alpha value is -1.30. The summed E-state index contributed by atoms with van der Waals surface area (Å²) in [5.74, 6) is -0.866. The summed E-state index contributed by atoms with van der Waals surface area (Å²) in [5, 5.41) is 20.0. The van der Waals surface area contributed by atoms with Crippen LogP contribution in [0.15, 0.2) is 0 Å². The summed E-state index contributed by atoms with van der Waals surface area (Å²) >= 11 is 0. The average Bonchev–Trinajstić information content (AvgIpc) is 2.13. The second kappa shape index (κ2) is 7.92. The van der Waals surface area contributed by atoms with Gasteiger partial charge in [0.25, 0.3) is 0 Å². The second-order valence-electron chi connectivity index (χ2n) is 5.14. The Morgan fingerprint density at radius 1 is 1.28 bits per heavy atom. The first-order valence-corrected chi connectivity index (χ1v) is 6.07. The maximum absolute atomic E-state index is 11.5. The predicted molar refractivity (Wildman–Crippen MR) is 66.3 cm³/mol. The molecule has 0 saturated heterocycles. The van der Waals surface area contributed by atoms with Gasteiger partial charge in [0.05, 0.1) is 0 Å². The minimum absolute atomic E-state index is 0.0535. The Kier molecular flexibility index (Phi) is 7.35. The zero-order chi connectivity index (χ0) is 14.2. The number of carbonyl (C=O) groups is 2. The molecule has 0 fully saturated rings. The molecule has 0 spiro atoms. The number of carboxylic acid groups (broad SMARTS) is 1. The van der Waals surface area contributed by atoms with E-state index in [1.165, 1.54) is 0 Å². The van der Waals surface area contributed by atoms with Gasteiger partial charge in [0.15, 0.2) is 0 Å². The summed E-state index contributed by atoms with van der Waals surface area (Å²) in [5.41, 5.74) is -0.574. The topological polar surface area (TPSA) is 95.9 Å². The number of rotatable bonds is 7. The molecule has 0 radical (unpaired) electrons. The molecule has 1 amide bonds. The lowest BCUT2D eigenvalue weighted by molar-refractivity contribution is -0.137. The molecule has 3 N–H and O–H groups in total. The summed E-state index contributed by atoms with van der Waals surface area (Å²) in [6.45, 7) is 5.22. The minimum atomic E-state index is -0.866. The van der Waals surface area contributed by atoms with Crippen LogP contribution in [0.5, 0.6) is 0 Å². The van der Waals surface area contributed by atoms with Gasteiger partial charge in [0.2, 0.25) is 0 Å². The summed E-state index contributed by atoms with van der Waals surface area (Å²) in [6, 6.07) is -0.260. The van der Waals surface area contributed by atoms with Gasteiger partial charge in [-0.15, -0.1) is 0 Å². The molecule has 0 aliphatic rings. The van der Waals surface area contributed by atoms with Crippen LogP contribution in [0.3, 0.4) is 0 Å². The van der Waals surface area contributed by atoms with Crippen molar-refractivity contribution in [1.29, 1.82) is 0 Å². The quantitative estimate of drug-likeness (QED) is 0.645. The van der Waals surface area contributed by atoms with Crippen LogP contribution < -0.4 is 5.32 Å². The van der Waals surface area contributed by atoms with Gasteiger partial charge in [0.1, 0.15) is 5.60 Å². The van der Waals surface area contributed by atoms with Gasteiger partial charge in [0, 0.05) is 19.1 Å². The zero-order valence-electron chi connectivity index (χ0n) is 11.2. The van der Waals surface area contributed by atoms with Gasteiger partial charge in [-0.2, -0.15) is 0 Å². The van der Waals surface area contributed by atoms with Crippen LogP contribution in [0, 0.1) is 0 Å². The van der Waals surface area contributed by atoms with Crippen LogP contribution in [0.25, 0.3) is 0 Å². The van der Waals surface area contributed by atoms with Crippen molar-refractivity contribution >= 4 is 12.1 Å². The molecule has 0 aliphatic heterocycles. The Bertz CT molecular complexity index is 272. The highest BCUT2D eigenvalue weighted by Crippen LogP contribution is 2.09. The van der Waals surface area contributed by atoms with E-state index in [1.54, 1.807) is 20.8 Å². The van der Waals surface area contributed by atoms with Crippen LogP contribution in [0.2, 0.25) is 0 Å². The Labute approximate surface area is 107 Å². The summed E-state index contributed by atoms with van der Waals surface area (Å²) < 4.78 is 5.09. The molecule has 0 aromatic carbocycles. The van der Waals surface area contributed by atoms with Crippen LogP contribution in [-0.4, -0.2) is 40.5 Å². The molecule has 0 bridgehead atoms. The molecule has 18 heavy (non-hydrogen) atoms. The van der Waals surface area contributed by atoms with E-state index in [0.717, 1.165) is 0 Å². The number of ether oxygens (including phenoxy) is 1. The van der Waals surface area contributed by atoms with Gasteiger partial charge >= 0.3 is 12.1 Å². The second-order valence-corrected chi connectivity index (χ2v) is 5.14. The fraction of sp³-hybridized carbons (Fsp3) is 0.833. The van der Waals surface area contributed by atoms with Gasteiger partial charge < -0.3 is 20.3 Å². The lowest BCUT2D eigenvalue weighted by Crippen LogP contribution is -2.39. The zero-order valence-corrected chi connectivity index (χ0v) is 11.2. The standard InChI is InChI=1S/C12H23NO5/c1-12(2,3)18-11(17)13-9(7-8-14)5-4-6-10(15)16/h9,14H,4-8H2,1-3H3,(H,13,17)(H,15,16). The van der Waals surface area contributed by atoms with Crippen LogP contribution in [0.4, 0.5) is 4.79 Å². The first kappa shape index (κ1) is 16.7. The third-order valence-electron chi connectivity index (χ3n) is 2.14. The first-order chi connectivity index (χ1) is 8.24. The van der Waals surface area contributed by atoms with Crippen LogP contribution in [-0.2, 0) is 9.53 Å². The Balaban J connectivity index is 4.09. The first-order valence-electron chi connectivity index (χ1n) is 6.07. The molecule has 0 aliphatic carbocycles. The number of amides is 1. The Morgan fingerprint density at radius 2 is 1.89 bits per heavy atom. The largest absolute Gasteiger partial charge is 0.481 e. The SMILES string of the molecule is CC(C)(C)OC(=O)NC(CCO)CCCC(=O)O. The van der Waals surface area contributed by atoms with Crippen molar-refractivity contribution in [2.24, 2.45) is 0 Å². The van der Waals surface area contributed by atoms with Crippen molar-refractivity contribution in [1.82, 2.24) is 5.32 Å². The highest BCUT2D eigenvalue weighted by molar-refractivity contribution is 5.68. The number of carboxylic acids is 1. The summed E-state index contributed by atoms with van der Waals surface area (Å²) in [6.07, 6.45) is 0.856. The summed E-state index contributed by atoms with van der Waals surface area (Å²) in [7, 11) is 0. The molecule has 0 heterocycles. The number of alkyl carbamates (subject to hydrolysis) is 1. The third kappa shape index (κ3) is 9.89. The van der Waals surface area contributed by atoms with Crippen LogP contribution >= 0.6 is 0 Å². The molecule has 6 heteroatoms. The lowest BCUT2D eigenvalue weighted by atomic mass is 10.1. The van der Waals surface area contributed by atoms with Crippen molar-refractivity contribution in [3.05, 3.63) is 0 Å². The maximum Gasteiger partial charge on any atom is 0.407 e. The predicted octanol–water partition coefficient (Wildman–Crippen LogP) is 1.52. The van der Waals surface area contributed by atoms with Crippen molar-refractivity contribution < 1.29 is 24.5 Å². The van der Waals surface area contributed by atoms with Crippen molar-refractivity contribution in [3.8, 4) is 0 Å². The van der Waals surface area contributed by atoms with E-state index < -0.39 is 17.7 Å². The number of aliphatic hydroxyl groups is 1. The van der Waals surface area contributed by atoms with Gasteiger partial charge in [-0.05, 0) is 40.0 Å². The molecule has 1 unspecified atom stereocenters. The van der Waals surface area contributed by atoms with E-state index in [0.29, 0.717) is 19.3 Å². The third-order valence-corrected chi connectivity index (χ3v) is 2.14. The van der Waals surface area contributed by atoms with Gasteiger partial charge in [-0.3, -0.25) is 4.79 Å². The number of aliphatic hydroxyl groups excluding tert-OH is 1. The number of carbonyl (C=O) groups excluding carboxylic acids is 1. The summed E-state index contributed by atoms with van der Waals surface area (Å²) in [4.78, 5) is 21.9. The van der Waals surface area contributed by atoms with E-state index in [-0.39, 0.29) is 19.1 Å². The molecule has 0 aromatic rings. The van der Waals surface area contributed by atoms with E-state index >= 15 is 0 Å². The van der Waals surface area contributed by atoms with E-state index in [2.05, 4.69) is 5.32 Å². The van der Waals surface area contributed by atoms with Crippen molar-refractivity contribution in [2.75, 3.05) is 6.61 Å². The van der Waals surface area contributed by atoms with Gasteiger partial charge in [-0.25, -0.2) is 4.79 Å². The lowest BCUT2D eigenvalue weighted by Gasteiger charge is -2.23. The monoisotopic (exact) mass is 261 g/mol. The molecular formula is C12H23NO5. The number of hydrogen-bond donors (Lipinski definition) is 3. The molecule has 106 valence electrons. The fourth-order valence-corrected chi connectivity index (χ4v) is 1.42. The molecule has 1 atom stereocenters. The highest BCUT2D eigenvalue weighted by atomic mass is 16.6. The fourth-order valence-electron chi connectivity index (χ4n) is 1.42. The van der Waals surface area contributed by atoms with E-state index in [1.807, 2.05) is 0 Å². The van der Waals surface area contributed by atoms with Gasteiger partial charge in [-0.1, -0.05) is 0 Å². The molecular weight excluding hydrogens is 238 g/mol.